The summed E-state index contributed by atoms with van der Waals surface area (Å²) in [6, 6.07) is 0. The molecule has 0 atom stereocenters. The lowest BCUT2D eigenvalue weighted by atomic mass is 9.93. The Morgan fingerprint density at radius 3 is 2.23 bits per heavy atom. The topological polar surface area (TPSA) is 20.2 Å². The lowest BCUT2D eigenvalue weighted by Crippen LogP contribution is -2.08. The Morgan fingerprint density at radius 2 is 1.85 bits per heavy atom. The van der Waals surface area contributed by atoms with E-state index in [1.807, 2.05) is 26.8 Å². The van der Waals surface area contributed by atoms with Gasteiger partial charge < -0.3 is 5.11 Å². The van der Waals surface area contributed by atoms with Gasteiger partial charge in [-0.1, -0.05) is 41.0 Å². The smallest absolute Gasteiger partial charge is 0.0936 e. The molecule has 0 bridgehead atoms. The molecule has 0 rings (SSSR count). The third kappa shape index (κ3) is 6.68. The highest BCUT2D eigenvalue weighted by atomic mass is 16.3. The molecule has 0 saturated carbocycles. The first-order valence-electron chi connectivity index (χ1n) is 5.23. The summed E-state index contributed by atoms with van der Waals surface area (Å²) in [6.07, 6.45) is 5.38. The molecule has 0 aromatic carbocycles. The maximum absolute atomic E-state index is 9.61. The van der Waals surface area contributed by atoms with Crippen LogP contribution in [0.25, 0.3) is 0 Å². The number of hydrogen-bond acceptors (Lipinski definition) is 1. The van der Waals surface area contributed by atoms with Crippen molar-refractivity contribution in [2.75, 3.05) is 0 Å². The fraction of sp³-hybridized carbons (Fsp3) is 0.833. The molecule has 0 aromatic rings. The van der Waals surface area contributed by atoms with Gasteiger partial charge in [-0.2, -0.15) is 0 Å². The van der Waals surface area contributed by atoms with Crippen molar-refractivity contribution in [1.29, 1.82) is 0 Å². The first kappa shape index (κ1) is 12.5. The van der Waals surface area contributed by atoms with Crippen LogP contribution in [-0.2, 0) is 0 Å². The van der Waals surface area contributed by atoms with E-state index in [9.17, 15) is 5.11 Å². The van der Waals surface area contributed by atoms with E-state index in [-0.39, 0.29) is 5.41 Å². The van der Waals surface area contributed by atoms with Crippen LogP contribution in [0.3, 0.4) is 0 Å². The predicted molar refractivity (Wildman–Crippen MR) is 58.9 cm³/mol. The minimum absolute atomic E-state index is 0.0855. The van der Waals surface area contributed by atoms with Crippen LogP contribution in [0.2, 0.25) is 0 Å². The molecular formula is C12H24O. The summed E-state index contributed by atoms with van der Waals surface area (Å²) >= 11 is 0. The summed E-state index contributed by atoms with van der Waals surface area (Å²) in [4.78, 5) is 0. The Hall–Kier alpha value is -0.460. The molecule has 0 aliphatic heterocycles. The molecule has 0 spiro atoms. The number of aliphatic hydroxyl groups is 1. The average molecular weight is 184 g/mol. The van der Waals surface area contributed by atoms with Crippen LogP contribution in [0.4, 0.5) is 0 Å². The highest BCUT2D eigenvalue weighted by Gasteiger charge is 2.14. The van der Waals surface area contributed by atoms with Gasteiger partial charge in [-0.25, -0.2) is 0 Å². The van der Waals surface area contributed by atoms with Crippen molar-refractivity contribution in [2.24, 2.45) is 11.3 Å². The van der Waals surface area contributed by atoms with Crippen molar-refractivity contribution in [3.63, 3.8) is 0 Å². The average Bonchev–Trinajstić information content (AvgIpc) is 1.95. The fourth-order valence-corrected chi connectivity index (χ4v) is 1.07. The molecular weight excluding hydrogens is 160 g/mol. The molecule has 0 fully saturated rings. The second-order valence-electron chi connectivity index (χ2n) is 5.16. The number of rotatable bonds is 4. The van der Waals surface area contributed by atoms with Gasteiger partial charge in [0.15, 0.2) is 0 Å². The van der Waals surface area contributed by atoms with Crippen LogP contribution in [0.15, 0.2) is 11.8 Å². The maximum atomic E-state index is 9.61. The first-order chi connectivity index (χ1) is 5.84. The van der Waals surface area contributed by atoms with E-state index >= 15 is 0 Å². The van der Waals surface area contributed by atoms with Gasteiger partial charge in [0, 0.05) is 5.41 Å². The number of allylic oxidation sites excluding steroid dienone is 2. The normalized spacial score (nSPS) is 13.8. The Balaban J connectivity index is 3.73. The molecule has 0 unspecified atom stereocenters. The zero-order valence-corrected chi connectivity index (χ0v) is 9.72. The van der Waals surface area contributed by atoms with Crippen LogP contribution >= 0.6 is 0 Å². The van der Waals surface area contributed by atoms with E-state index in [4.69, 9.17) is 0 Å². The summed E-state index contributed by atoms with van der Waals surface area (Å²) in [5.41, 5.74) is -0.0855. The van der Waals surface area contributed by atoms with Gasteiger partial charge in [-0.05, 0) is 24.8 Å². The minimum Gasteiger partial charge on any atom is -0.512 e. The maximum Gasteiger partial charge on any atom is 0.0936 e. The number of hydrogen-bond donors (Lipinski definition) is 1. The Labute approximate surface area is 82.9 Å². The molecule has 1 nitrogen and oxygen atoms in total. The molecule has 0 saturated heterocycles. The molecule has 0 amide bonds. The Morgan fingerprint density at radius 1 is 1.31 bits per heavy atom. The van der Waals surface area contributed by atoms with Gasteiger partial charge in [0.05, 0.1) is 5.76 Å². The van der Waals surface area contributed by atoms with Gasteiger partial charge in [0.2, 0.25) is 0 Å². The molecule has 0 aromatic heterocycles. The minimum atomic E-state index is -0.0855. The van der Waals surface area contributed by atoms with Crippen molar-refractivity contribution in [2.45, 2.75) is 53.9 Å². The Kier molecular flexibility index (Phi) is 5.12. The van der Waals surface area contributed by atoms with Crippen molar-refractivity contribution < 1.29 is 5.11 Å². The summed E-state index contributed by atoms with van der Waals surface area (Å²) < 4.78 is 0. The van der Waals surface area contributed by atoms with Crippen LogP contribution in [0.5, 0.6) is 0 Å². The molecule has 78 valence electrons. The van der Waals surface area contributed by atoms with Crippen LogP contribution in [0, 0.1) is 11.3 Å². The van der Waals surface area contributed by atoms with Gasteiger partial charge in [0.25, 0.3) is 0 Å². The first-order valence-corrected chi connectivity index (χ1v) is 5.23. The van der Waals surface area contributed by atoms with Crippen LogP contribution in [0.1, 0.15) is 53.9 Å². The molecule has 0 radical (unpaired) electrons. The van der Waals surface area contributed by atoms with Gasteiger partial charge in [-0.3, -0.25) is 0 Å². The number of unbranched alkanes of at least 4 members (excludes halogenated alkanes) is 1. The van der Waals surface area contributed by atoms with Crippen molar-refractivity contribution in [3.8, 4) is 0 Å². The highest BCUT2D eigenvalue weighted by Crippen LogP contribution is 2.23. The van der Waals surface area contributed by atoms with E-state index in [0.29, 0.717) is 5.76 Å². The third-order valence-corrected chi connectivity index (χ3v) is 2.09. The third-order valence-electron chi connectivity index (χ3n) is 2.09. The fourth-order valence-electron chi connectivity index (χ4n) is 1.07. The summed E-state index contributed by atoms with van der Waals surface area (Å²) in [5, 5.41) is 9.61. The summed E-state index contributed by atoms with van der Waals surface area (Å²) in [5.74, 6) is 1.29. The monoisotopic (exact) mass is 184 g/mol. The predicted octanol–water partition coefficient (Wildman–Crippen LogP) is 4.30. The largest absolute Gasteiger partial charge is 0.512 e. The number of aliphatic hydroxyl groups excluding tert-OH is 1. The van der Waals surface area contributed by atoms with Gasteiger partial charge in [0.1, 0.15) is 0 Å². The second kappa shape index (κ2) is 5.31. The van der Waals surface area contributed by atoms with Gasteiger partial charge >= 0.3 is 0 Å². The molecule has 0 aliphatic carbocycles. The van der Waals surface area contributed by atoms with Crippen LogP contribution in [-0.4, -0.2) is 5.11 Å². The highest BCUT2D eigenvalue weighted by molar-refractivity contribution is 5.00. The lowest BCUT2D eigenvalue weighted by Gasteiger charge is -2.17. The Bertz CT molecular complexity index is 160. The van der Waals surface area contributed by atoms with E-state index in [0.717, 1.165) is 12.3 Å². The molecule has 1 heteroatoms. The van der Waals surface area contributed by atoms with Crippen molar-refractivity contribution >= 4 is 0 Å². The van der Waals surface area contributed by atoms with E-state index in [2.05, 4.69) is 13.8 Å². The van der Waals surface area contributed by atoms with Crippen molar-refractivity contribution in [3.05, 3.63) is 11.8 Å². The lowest BCUT2D eigenvalue weighted by molar-refractivity contribution is 0.274. The standard InChI is InChI=1S/C12H24O/c1-10(2)8-6-7-9-11(13)12(3,4)5/h9-10,13H,6-8H2,1-5H3. The second-order valence-corrected chi connectivity index (χ2v) is 5.16. The zero-order valence-electron chi connectivity index (χ0n) is 9.72. The van der Waals surface area contributed by atoms with Crippen LogP contribution < -0.4 is 0 Å². The van der Waals surface area contributed by atoms with E-state index in [1.54, 1.807) is 0 Å². The summed E-state index contributed by atoms with van der Waals surface area (Å²) in [7, 11) is 0. The quantitative estimate of drug-likeness (QED) is 0.510. The van der Waals surface area contributed by atoms with E-state index in [1.165, 1.54) is 12.8 Å². The molecule has 1 N–H and O–H groups in total. The van der Waals surface area contributed by atoms with E-state index < -0.39 is 0 Å². The van der Waals surface area contributed by atoms with Gasteiger partial charge in [-0.15, -0.1) is 0 Å². The SMILES string of the molecule is CC(C)CCCC=C(O)C(C)(C)C. The summed E-state index contributed by atoms with van der Waals surface area (Å²) in [6.45, 7) is 10.5. The molecule has 13 heavy (non-hydrogen) atoms. The molecule has 0 heterocycles. The zero-order chi connectivity index (χ0) is 10.5. The van der Waals surface area contributed by atoms with Crippen molar-refractivity contribution in [1.82, 2.24) is 0 Å². The molecule has 0 aliphatic rings.